The third-order valence-corrected chi connectivity index (χ3v) is 10.5. The monoisotopic (exact) mass is 820 g/mol. The molecule has 1 aromatic heterocycles. The van der Waals surface area contributed by atoms with Gasteiger partial charge in [-0.2, -0.15) is 0 Å². The van der Waals surface area contributed by atoms with Gasteiger partial charge in [0.1, 0.15) is 11.8 Å². The number of carbonyl (C=O) groups is 4. The van der Waals surface area contributed by atoms with Crippen LogP contribution >= 0.6 is 0 Å². The van der Waals surface area contributed by atoms with E-state index < -0.39 is 53.1 Å². The second-order valence-corrected chi connectivity index (χ2v) is 17.8. The van der Waals surface area contributed by atoms with Gasteiger partial charge in [0, 0.05) is 43.0 Å². The van der Waals surface area contributed by atoms with E-state index in [2.05, 4.69) is 15.6 Å². The highest BCUT2D eigenvalue weighted by Gasteiger charge is 2.44. The summed E-state index contributed by atoms with van der Waals surface area (Å²) >= 11 is 0. The van der Waals surface area contributed by atoms with E-state index in [0.29, 0.717) is 25.4 Å². The van der Waals surface area contributed by atoms with Crippen LogP contribution in [0.25, 0.3) is 11.3 Å². The summed E-state index contributed by atoms with van der Waals surface area (Å²) in [6.45, 7) is 12.3. The second kappa shape index (κ2) is 19.9. The summed E-state index contributed by atoms with van der Waals surface area (Å²) in [7, 11) is 1.59. The van der Waals surface area contributed by atoms with Crippen molar-refractivity contribution in [2.45, 2.75) is 91.6 Å². The molecular weight excluding hydrogens is 761 g/mol. The van der Waals surface area contributed by atoms with Gasteiger partial charge >= 0.3 is 18.2 Å². The van der Waals surface area contributed by atoms with E-state index in [1.54, 1.807) is 23.1 Å². The number of aliphatic hydroxyl groups excluding tert-OH is 1. The Morgan fingerprint density at radius 2 is 1.48 bits per heavy atom. The molecule has 0 aliphatic carbocycles. The summed E-state index contributed by atoms with van der Waals surface area (Å²) in [6.07, 6.45) is -0.382. The molecule has 4 N–H and O–H groups in total. The van der Waals surface area contributed by atoms with Crippen LogP contribution < -0.4 is 15.4 Å². The van der Waals surface area contributed by atoms with Crippen LogP contribution in [-0.4, -0.2) is 105 Å². The second-order valence-electron chi connectivity index (χ2n) is 17.8. The van der Waals surface area contributed by atoms with E-state index in [0.717, 1.165) is 32.8 Å². The van der Waals surface area contributed by atoms with Crippen LogP contribution in [0.2, 0.25) is 0 Å². The third-order valence-electron chi connectivity index (χ3n) is 10.5. The van der Waals surface area contributed by atoms with Gasteiger partial charge in [-0.3, -0.25) is 9.78 Å². The lowest BCUT2D eigenvalue weighted by Crippen LogP contribution is -2.59. The number of imide groups is 1. The minimum Gasteiger partial charge on any atom is -0.496 e. The molecule has 1 saturated heterocycles. The maximum absolute atomic E-state index is 14.6. The number of methoxy groups -OCH3 is 1. The number of aliphatic hydroxyl groups is 1. The number of ether oxygens (including phenoxy) is 1. The van der Waals surface area contributed by atoms with E-state index in [-0.39, 0.29) is 31.8 Å². The standard InChI is InChI=1S/C47H60N6O7/c1-46(2,3)31-53(45(58)59)43(56)49-36(27-33-20-22-34(23-21-33)37-18-13-14-24-48-37)29-39(54)38(28-32-15-9-8-10-16-32)50-42(55)41(47(4,5)6)52-26-25-51(44(52)57)30-35-17-11-12-19-40(35)60-7/h8-24,36,38-39,41,54H,25-31H2,1-7H3,(H,49,56)(H,50,55)(H,58,59). The van der Waals surface area contributed by atoms with Crippen LogP contribution in [0.5, 0.6) is 5.75 Å². The molecular formula is C47H60N6O7. The molecule has 5 rings (SSSR count). The van der Waals surface area contributed by atoms with Crippen molar-refractivity contribution in [3.8, 4) is 17.0 Å². The molecule has 1 fully saturated rings. The predicted octanol–water partition coefficient (Wildman–Crippen LogP) is 7.24. The normalized spacial score (nSPS) is 15.2. The highest BCUT2D eigenvalue weighted by atomic mass is 16.5. The molecule has 60 heavy (non-hydrogen) atoms. The summed E-state index contributed by atoms with van der Waals surface area (Å²) in [6, 6.07) is 26.8. The maximum atomic E-state index is 14.6. The Balaban J connectivity index is 1.41. The van der Waals surface area contributed by atoms with Gasteiger partial charge in [0.2, 0.25) is 5.91 Å². The van der Waals surface area contributed by atoms with E-state index in [1.807, 2.05) is 139 Å². The number of hydrogen-bond acceptors (Lipinski definition) is 7. The SMILES string of the molecule is COc1ccccc1CN1CCN(C(C(=O)NC(Cc2ccccc2)C(O)CC(Cc2ccc(-c3ccccn3)cc2)NC(=O)N(CC(C)(C)C)C(=O)O)C(C)(C)C)C1=O. The molecule has 13 nitrogen and oxygen atoms in total. The summed E-state index contributed by atoms with van der Waals surface area (Å²) in [4.78, 5) is 63.1. The summed E-state index contributed by atoms with van der Waals surface area (Å²) < 4.78 is 5.52. The molecule has 4 atom stereocenters. The quantitative estimate of drug-likeness (QED) is 0.0920. The van der Waals surface area contributed by atoms with E-state index in [1.165, 1.54) is 0 Å². The van der Waals surface area contributed by atoms with Crippen LogP contribution in [0.15, 0.2) is 103 Å². The Morgan fingerprint density at radius 3 is 2.10 bits per heavy atom. The number of urea groups is 2. The highest BCUT2D eigenvalue weighted by Crippen LogP contribution is 2.30. The molecule has 6 amide bonds. The summed E-state index contributed by atoms with van der Waals surface area (Å²) in [5.41, 5.74) is 3.07. The number of carboxylic acid groups (broad SMARTS) is 1. The number of benzene rings is 3. The van der Waals surface area contributed by atoms with Gasteiger partial charge in [-0.1, -0.05) is 120 Å². The van der Waals surface area contributed by atoms with Crippen LogP contribution in [0, 0.1) is 10.8 Å². The lowest BCUT2D eigenvalue weighted by atomic mass is 9.84. The number of para-hydroxylation sites is 1. The van der Waals surface area contributed by atoms with Gasteiger partial charge in [0.05, 0.1) is 31.5 Å². The van der Waals surface area contributed by atoms with Crippen molar-refractivity contribution in [3.63, 3.8) is 0 Å². The van der Waals surface area contributed by atoms with Gasteiger partial charge in [0.15, 0.2) is 0 Å². The number of nitrogens with zero attached hydrogens (tertiary/aromatic N) is 4. The van der Waals surface area contributed by atoms with Crippen LogP contribution in [0.4, 0.5) is 14.4 Å². The lowest BCUT2D eigenvalue weighted by Gasteiger charge is -2.38. The fraction of sp³-hybridized carbons (Fsp3) is 0.426. The molecule has 3 aromatic carbocycles. The maximum Gasteiger partial charge on any atom is 0.415 e. The summed E-state index contributed by atoms with van der Waals surface area (Å²) in [5.74, 6) is 0.260. The largest absolute Gasteiger partial charge is 0.496 e. The van der Waals surface area contributed by atoms with Crippen molar-refractivity contribution in [2.75, 3.05) is 26.7 Å². The van der Waals surface area contributed by atoms with Gasteiger partial charge < -0.3 is 35.4 Å². The van der Waals surface area contributed by atoms with Crippen molar-refractivity contribution in [3.05, 3.63) is 120 Å². The number of aromatic nitrogens is 1. The van der Waals surface area contributed by atoms with Crippen LogP contribution in [0.1, 0.15) is 64.7 Å². The topological polar surface area (TPSA) is 165 Å². The Morgan fingerprint density at radius 1 is 0.833 bits per heavy atom. The Kier molecular flexibility index (Phi) is 14.9. The third kappa shape index (κ3) is 12.3. The number of carbonyl (C=O) groups excluding carboxylic acids is 3. The van der Waals surface area contributed by atoms with Crippen LogP contribution in [0.3, 0.4) is 0 Å². The molecule has 2 heterocycles. The average molecular weight is 821 g/mol. The van der Waals surface area contributed by atoms with Gasteiger partial charge in [-0.25, -0.2) is 19.3 Å². The molecule has 0 spiro atoms. The highest BCUT2D eigenvalue weighted by molar-refractivity contribution is 5.90. The van der Waals surface area contributed by atoms with Gasteiger partial charge in [-0.05, 0) is 59.4 Å². The summed E-state index contributed by atoms with van der Waals surface area (Å²) in [5, 5.41) is 28.2. The number of nitrogens with one attached hydrogen (secondary N) is 2. The molecule has 1 aliphatic heterocycles. The van der Waals surface area contributed by atoms with Crippen molar-refractivity contribution in [1.29, 1.82) is 0 Å². The molecule has 1 aliphatic rings. The number of rotatable bonds is 16. The first-order valence-electron chi connectivity index (χ1n) is 20.4. The van der Waals surface area contributed by atoms with Crippen molar-refractivity contribution in [1.82, 2.24) is 30.3 Å². The first-order valence-corrected chi connectivity index (χ1v) is 20.4. The molecule has 4 aromatic rings. The van der Waals surface area contributed by atoms with E-state index >= 15 is 0 Å². The fourth-order valence-electron chi connectivity index (χ4n) is 7.67. The zero-order valence-electron chi connectivity index (χ0n) is 35.8. The molecule has 0 radical (unpaired) electrons. The first-order chi connectivity index (χ1) is 28.4. The smallest absolute Gasteiger partial charge is 0.415 e. The minimum atomic E-state index is -1.39. The number of amides is 6. The molecule has 320 valence electrons. The number of pyridine rings is 1. The average Bonchev–Trinajstić information content (AvgIpc) is 3.54. The van der Waals surface area contributed by atoms with E-state index in [9.17, 15) is 29.4 Å². The Labute approximate surface area is 353 Å². The zero-order chi connectivity index (χ0) is 43.6. The zero-order valence-corrected chi connectivity index (χ0v) is 35.8. The van der Waals surface area contributed by atoms with Gasteiger partial charge in [-0.15, -0.1) is 0 Å². The van der Waals surface area contributed by atoms with Crippen molar-refractivity contribution >= 4 is 24.1 Å². The lowest BCUT2D eigenvalue weighted by molar-refractivity contribution is -0.130. The molecule has 13 heteroatoms. The predicted molar refractivity (Wildman–Crippen MR) is 231 cm³/mol. The van der Waals surface area contributed by atoms with Crippen molar-refractivity contribution in [2.24, 2.45) is 10.8 Å². The fourth-order valence-corrected chi connectivity index (χ4v) is 7.67. The first kappa shape index (κ1) is 45.1. The molecule has 4 unspecified atom stereocenters. The van der Waals surface area contributed by atoms with Crippen LogP contribution in [-0.2, 0) is 24.2 Å². The minimum absolute atomic E-state index is 0.0238. The van der Waals surface area contributed by atoms with E-state index in [4.69, 9.17) is 4.74 Å². The molecule has 0 bridgehead atoms. The Bertz CT molecular complexity index is 2050. The number of hydrogen-bond donors (Lipinski definition) is 4. The van der Waals surface area contributed by atoms with Crippen molar-refractivity contribution < 1.29 is 34.1 Å². The van der Waals surface area contributed by atoms with Gasteiger partial charge in [0.25, 0.3) is 0 Å². The Hall–Kier alpha value is -5.95. The molecule has 0 saturated carbocycles.